The number of aliphatic hydroxyl groups excluding tert-OH is 8. The van der Waals surface area contributed by atoms with Gasteiger partial charge >= 0.3 is 0 Å². The SMILES string of the molecule is OC[C@H]1O[C@H](C#Cc2ccc3c4ccc(C#C[C@H]5O[C@H](CO)[C@@H](O)[C@H](O)[C@@H]5O)cc4n(C4CCOCC4)c3c2)[C@H](O)[C@@H](O)[C@@H]1O. The number of hydrogen-bond donors (Lipinski definition) is 8. The van der Waals surface area contributed by atoms with E-state index in [4.69, 9.17) is 14.2 Å². The fourth-order valence-corrected chi connectivity index (χ4v) is 6.29. The van der Waals surface area contributed by atoms with E-state index in [1.54, 1.807) is 0 Å². The summed E-state index contributed by atoms with van der Waals surface area (Å²) in [6, 6.07) is 11.6. The predicted octanol–water partition coefficient (Wildman–Crippen LogP) is -1.47. The molecule has 3 saturated heterocycles. The lowest BCUT2D eigenvalue weighted by Gasteiger charge is -2.37. The summed E-state index contributed by atoms with van der Waals surface area (Å²) in [5.41, 5.74) is 3.13. The highest BCUT2D eigenvalue weighted by Gasteiger charge is 2.43. The van der Waals surface area contributed by atoms with Gasteiger partial charge in [0, 0.05) is 41.2 Å². The number of benzene rings is 2. The lowest BCUT2D eigenvalue weighted by molar-refractivity contribution is -0.214. The molecule has 8 N–H and O–H groups in total. The zero-order valence-electron chi connectivity index (χ0n) is 24.3. The third-order valence-corrected chi connectivity index (χ3v) is 8.86. The van der Waals surface area contributed by atoms with E-state index in [1.807, 2.05) is 36.4 Å². The fourth-order valence-electron chi connectivity index (χ4n) is 6.29. The second-order valence-electron chi connectivity index (χ2n) is 11.7. The molecule has 0 spiro atoms. The van der Waals surface area contributed by atoms with Crippen molar-refractivity contribution in [2.24, 2.45) is 0 Å². The molecule has 12 nitrogen and oxygen atoms in total. The molecule has 0 unspecified atom stereocenters. The molecule has 3 aliphatic rings. The minimum atomic E-state index is -1.51. The van der Waals surface area contributed by atoms with Crippen molar-refractivity contribution in [2.75, 3.05) is 26.4 Å². The van der Waals surface area contributed by atoms with Crippen LogP contribution in [0, 0.1) is 23.7 Å². The minimum Gasteiger partial charge on any atom is -0.394 e. The summed E-state index contributed by atoms with van der Waals surface area (Å²) >= 11 is 0. The lowest BCUT2D eigenvalue weighted by Crippen LogP contribution is -2.58. The molecule has 10 atom stereocenters. The highest BCUT2D eigenvalue weighted by atomic mass is 16.5. The Hall–Kier alpha value is -3.08. The van der Waals surface area contributed by atoms with Gasteiger partial charge in [0.05, 0.1) is 24.2 Å². The maximum Gasteiger partial charge on any atom is 0.147 e. The number of aromatic nitrogens is 1. The highest BCUT2D eigenvalue weighted by molar-refractivity contribution is 6.08. The highest BCUT2D eigenvalue weighted by Crippen LogP contribution is 2.36. The molecule has 1 aromatic heterocycles. The van der Waals surface area contributed by atoms with Gasteiger partial charge in [-0.2, -0.15) is 0 Å². The molecule has 0 radical (unpaired) electrons. The molecule has 0 amide bonds. The van der Waals surface area contributed by atoms with Gasteiger partial charge in [-0.15, -0.1) is 0 Å². The zero-order valence-corrected chi connectivity index (χ0v) is 24.3. The predicted molar refractivity (Wildman–Crippen MR) is 160 cm³/mol. The lowest BCUT2D eigenvalue weighted by atomic mass is 9.95. The smallest absolute Gasteiger partial charge is 0.147 e. The van der Waals surface area contributed by atoms with Crippen molar-refractivity contribution in [1.82, 2.24) is 4.57 Å². The van der Waals surface area contributed by atoms with Crippen LogP contribution in [0.2, 0.25) is 0 Å². The van der Waals surface area contributed by atoms with Crippen molar-refractivity contribution in [3.8, 4) is 23.7 Å². The Morgan fingerprint density at radius 3 is 1.49 bits per heavy atom. The molecule has 2 aromatic carbocycles. The molecule has 12 heteroatoms. The normalized spacial score (nSPS) is 34.2. The van der Waals surface area contributed by atoms with Crippen LogP contribution in [0.4, 0.5) is 0 Å². The number of aliphatic hydroxyl groups is 8. The first kappa shape index (κ1) is 31.9. The van der Waals surface area contributed by atoms with Gasteiger partial charge in [0.15, 0.2) is 0 Å². The molecule has 3 fully saturated rings. The monoisotopic (exact) mass is 623 g/mol. The average Bonchev–Trinajstić information content (AvgIpc) is 3.38. The second kappa shape index (κ2) is 13.3. The molecule has 3 aliphatic heterocycles. The number of fused-ring (bicyclic) bond motifs is 3. The second-order valence-corrected chi connectivity index (χ2v) is 11.7. The average molecular weight is 624 g/mol. The van der Waals surface area contributed by atoms with Gasteiger partial charge in [0.1, 0.15) is 61.0 Å². The van der Waals surface area contributed by atoms with E-state index in [1.165, 1.54) is 0 Å². The summed E-state index contributed by atoms with van der Waals surface area (Å²) in [4.78, 5) is 0. The van der Waals surface area contributed by atoms with Gasteiger partial charge in [-0.3, -0.25) is 0 Å². The van der Waals surface area contributed by atoms with Crippen molar-refractivity contribution >= 4 is 21.8 Å². The minimum absolute atomic E-state index is 0.126. The van der Waals surface area contributed by atoms with Gasteiger partial charge in [-0.25, -0.2) is 0 Å². The largest absolute Gasteiger partial charge is 0.394 e. The molecule has 45 heavy (non-hydrogen) atoms. The Balaban J connectivity index is 1.37. The van der Waals surface area contributed by atoms with E-state index < -0.39 is 74.3 Å². The van der Waals surface area contributed by atoms with Gasteiger partial charge in [0.2, 0.25) is 0 Å². The third kappa shape index (κ3) is 6.09. The van der Waals surface area contributed by atoms with Crippen LogP contribution in [0.3, 0.4) is 0 Å². The Kier molecular flexibility index (Phi) is 9.45. The molecule has 0 aliphatic carbocycles. The molecule has 240 valence electrons. The van der Waals surface area contributed by atoms with E-state index in [0.717, 1.165) is 34.6 Å². The first-order chi connectivity index (χ1) is 21.7. The summed E-state index contributed by atoms with van der Waals surface area (Å²) in [6.45, 7) is 0.155. The van der Waals surface area contributed by atoms with E-state index in [9.17, 15) is 40.9 Å². The quantitative estimate of drug-likeness (QED) is 0.159. The summed E-state index contributed by atoms with van der Waals surface area (Å²) < 4.78 is 18.9. The van der Waals surface area contributed by atoms with Crippen LogP contribution in [0.15, 0.2) is 36.4 Å². The number of nitrogens with zero attached hydrogens (tertiary/aromatic N) is 1. The van der Waals surface area contributed by atoms with Crippen LogP contribution >= 0.6 is 0 Å². The number of hydrogen-bond acceptors (Lipinski definition) is 11. The molecule has 3 aromatic rings. The van der Waals surface area contributed by atoms with Gasteiger partial charge < -0.3 is 59.6 Å². The molecule has 6 rings (SSSR count). The van der Waals surface area contributed by atoms with Crippen molar-refractivity contribution in [2.45, 2.75) is 79.9 Å². The molecule has 0 saturated carbocycles. The van der Waals surface area contributed by atoms with Crippen molar-refractivity contribution in [1.29, 1.82) is 0 Å². The third-order valence-electron chi connectivity index (χ3n) is 8.86. The van der Waals surface area contributed by atoms with Gasteiger partial charge in [-0.1, -0.05) is 35.8 Å². The van der Waals surface area contributed by atoms with Gasteiger partial charge in [0.25, 0.3) is 0 Å². The Morgan fingerprint density at radius 1 is 0.622 bits per heavy atom. The van der Waals surface area contributed by atoms with Gasteiger partial charge in [-0.05, 0) is 37.1 Å². The Morgan fingerprint density at radius 2 is 1.07 bits per heavy atom. The van der Waals surface area contributed by atoms with Crippen LogP contribution in [0.25, 0.3) is 21.8 Å². The van der Waals surface area contributed by atoms with Crippen molar-refractivity contribution < 1.29 is 55.1 Å². The van der Waals surface area contributed by atoms with Crippen molar-refractivity contribution in [3.63, 3.8) is 0 Å². The van der Waals surface area contributed by atoms with E-state index in [0.29, 0.717) is 24.3 Å². The number of ether oxygens (including phenoxy) is 3. The fraction of sp³-hybridized carbons (Fsp3) is 0.515. The van der Waals surface area contributed by atoms with Crippen LogP contribution in [0.1, 0.15) is 30.0 Å². The summed E-state index contributed by atoms with van der Waals surface area (Å²) in [7, 11) is 0. The standard InChI is InChI=1S/C33H37NO11/c35-15-26-30(39)32(41)28(37)24(44-26)7-3-17-1-5-20-21-6-2-18(4-8-25-29(38)33(42)31(40)27(16-36)45-25)14-23(21)34(22(20)13-17)19-9-11-43-12-10-19/h1-2,5-6,13-14,19,24-33,35-42H,9-12,15-16H2/t24-,25-,26-,27-,28-,29+,30-,31-,32-,33-/m1/s1. The van der Waals surface area contributed by atoms with Crippen LogP contribution in [-0.4, -0.2) is 133 Å². The van der Waals surface area contributed by atoms with E-state index in [-0.39, 0.29) is 6.04 Å². The Bertz CT molecular complexity index is 1530. The molecular formula is C33H37NO11. The van der Waals surface area contributed by atoms with E-state index in [2.05, 4.69) is 28.2 Å². The summed E-state index contributed by atoms with van der Waals surface area (Å²) in [5.74, 6) is 11.7. The first-order valence-corrected chi connectivity index (χ1v) is 15.0. The van der Waals surface area contributed by atoms with Crippen LogP contribution in [-0.2, 0) is 14.2 Å². The topological polar surface area (TPSA) is 194 Å². The first-order valence-electron chi connectivity index (χ1n) is 15.0. The molecular weight excluding hydrogens is 586 g/mol. The number of rotatable bonds is 3. The summed E-state index contributed by atoms with van der Waals surface area (Å²) in [5, 5.41) is 82.1. The zero-order chi connectivity index (χ0) is 31.8. The van der Waals surface area contributed by atoms with E-state index >= 15 is 0 Å². The van der Waals surface area contributed by atoms with Crippen molar-refractivity contribution in [3.05, 3.63) is 47.5 Å². The maximum atomic E-state index is 10.4. The summed E-state index contributed by atoms with van der Waals surface area (Å²) in [6.07, 6.45) is -11.5. The van der Waals surface area contributed by atoms with Crippen LogP contribution < -0.4 is 0 Å². The molecule has 4 heterocycles. The maximum absolute atomic E-state index is 10.4. The Labute approximate surface area is 259 Å². The van der Waals surface area contributed by atoms with Crippen LogP contribution in [0.5, 0.6) is 0 Å². The molecule has 0 bridgehead atoms.